The number of aliphatic hydroxyl groups excluding tert-OH is 1. The lowest BCUT2D eigenvalue weighted by molar-refractivity contribution is -0.121. The van der Waals surface area contributed by atoms with Gasteiger partial charge in [-0.1, -0.05) is 13.3 Å². The number of carbonyl (C=O) groups excluding carboxylic acids is 1. The van der Waals surface area contributed by atoms with Crippen LogP contribution >= 0.6 is 11.6 Å². The standard InChI is InChI=1S/C7H14ClNO2/c1-2-3-4-6(10)9-7(11)5-8/h6,10H,2-5H2,1H3,(H,9,11)/t6-/m1/s1. The maximum Gasteiger partial charge on any atom is 0.236 e. The van der Waals surface area contributed by atoms with Gasteiger partial charge in [0.1, 0.15) is 12.1 Å². The molecule has 3 nitrogen and oxygen atoms in total. The third-order valence-corrected chi connectivity index (χ3v) is 1.52. The van der Waals surface area contributed by atoms with Gasteiger partial charge in [-0.2, -0.15) is 0 Å². The molecule has 0 unspecified atom stereocenters. The third kappa shape index (κ3) is 6.13. The predicted octanol–water partition coefficient (Wildman–Crippen LogP) is 0.850. The highest BCUT2D eigenvalue weighted by atomic mass is 35.5. The second-order valence-electron chi connectivity index (χ2n) is 2.36. The maximum atomic E-state index is 10.6. The molecule has 0 heterocycles. The summed E-state index contributed by atoms with van der Waals surface area (Å²) < 4.78 is 0. The molecule has 0 aromatic heterocycles. The number of aliphatic hydroxyl groups is 1. The number of carbonyl (C=O) groups is 1. The van der Waals surface area contributed by atoms with Crippen molar-refractivity contribution in [2.24, 2.45) is 0 Å². The van der Waals surface area contributed by atoms with Gasteiger partial charge in [0, 0.05) is 0 Å². The minimum absolute atomic E-state index is 0.0941. The summed E-state index contributed by atoms with van der Waals surface area (Å²) >= 11 is 5.21. The lowest BCUT2D eigenvalue weighted by Gasteiger charge is -2.10. The molecule has 0 aliphatic carbocycles. The van der Waals surface area contributed by atoms with Gasteiger partial charge in [-0.3, -0.25) is 4.79 Å². The summed E-state index contributed by atoms with van der Waals surface area (Å²) in [6.45, 7) is 2.02. The maximum absolute atomic E-state index is 10.6. The van der Waals surface area contributed by atoms with E-state index in [2.05, 4.69) is 5.32 Å². The lowest BCUT2D eigenvalue weighted by Crippen LogP contribution is -2.35. The highest BCUT2D eigenvalue weighted by molar-refractivity contribution is 6.27. The summed E-state index contributed by atoms with van der Waals surface area (Å²) in [6, 6.07) is 0. The molecule has 0 aromatic carbocycles. The fraction of sp³-hybridized carbons (Fsp3) is 0.857. The van der Waals surface area contributed by atoms with E-state index >= 15 is 0 Å². The molecule has 0 aliphatic rings. The van der Waals surface area contributed by atoms with E-state index in [0.717, 1.165) is 12.8 Å². The Morgan fingerprint density at radius 2 is 2.36 bits per heavy atom. The van der Waals surface area contributed by atoms with Gasteiger partial charge in [0.15, 0.2) is 0 Å². The molecule has 0 aromatic rings. The SMILES string of the molecule is CCCC[C@@H](O)NC(=O)CCl. The minimum Gasteiger partial charge on any atom is -0.374 e. The van der Waals surface area contributed by atoms with Crippen molar-refractivity contribution >= 4 is 17.5 Å². The van der Waals surface area contributed by atoms with Crippen molar-refractivity contribution in [2.75, 3.05) is 5.88 Å². The zero-order chi connectivity index (χ0) is 8.69. The molecule has 11 heavy (non-hydrogen) atoms. The Morgan fingerprint density at radius 3 is 2.82 bits per heavy atom. The molecule has 0 fully saturated rings. The second-order valence-corrected chi connectivity index (χ2v) is 2.63. The first-order chi connectivity index (χ1) is 5.20. The van der Waals surface area contributed by atoms with E-state index in [1.54, 1.807) is 0 Å². The summed E-state index contributed by atoms with van der Waals surface area (Å²) in [5.74, 6) is -0.418. The molecule has 0 rings (SSSR count). The molecule has 0 saturated carbocycles. The van der Waals surface area contributed by atoms with Crippen LogP contribution in [0.3, 0.4) is 0 Å². The smallest absolute Gasteiger partial charge is 0.236 e. The topological polar surface area (TPSA) is 49.3 Å². The van der Waals surface area contributed by atoms with Crippen molar-refractivity contribution in [3.63, 3.8) is 0 Å². The summed E-state index contributed by atoms with van der Waals surface area (Å²) in [5, 5.41) is 11.4. The van der Waals surface area contributed by atoms with Gasteiger partial charge >= 0.3 is 0 Å². The van der Waals surface area contributed by atoms with Crippen LogP contribution in [0.5, 0.6) is 0 Å². The zero-order valence-corrected chi connectivity index (χ0v) is 7.40. The summed E-state index contributed by atoms with van der Waals surface area (Å²) in [6.07, 6.45) is 1.78. The largest absolute Gasteiger partial charge is 0.374 e. The summed E-state index contributed by atoms with van der Waals surface area (Å²) in [5.41, 5.74) is 0. The zero-order valence-electron chi connectivity index (χ0n) is 6.64. The van der Waals surface area contributed by atoms with Crippen LogP contribution in [0.25, 0.3) is 0 Å². The van der Waals surface area contributed by atoms with Crippen LogP contribution in [0.2, 0.25) is 0 Å². The van der Waals surface area contributed by atoms with Crippen LogP contribution in [0, 0.1) is 0 Å². The van der Waals surface area contributed by atoms with Crippen molar-refractivity contribution in [3.8, 4) is 0 Å². The van der Waals surface area contributed by atoms with Crippen molar-refractivity contribution < 1.29 is 9.90 Å². The van der Waals surface area contributed by atoms with Crippen LogP contribution in [0.15, 0.2) is 0 Å². The fourth-order valence-corrected chi connectivity index (χ4v) is 0.771. The third-order valence-electron chi connectivity index (χ3n) is 1.28. The Balaban J connectivity index is 3.35. The molecule has 0 saturated heterocycles. The molecule has 1 amide bonds. The molecule has 0 aliphatic heterocycles. The van der Waals surface area contributed by atoms with Crippen molar-refractivity contribution in [1.82, 2.24) is 5.32 Å². The molecular formula is C7H14ClNO2. The number of halogens is 1. The number of unbranched alkanes of at least 4 members (excludes halogenated alkanes) is 1. The van der Waals surface area contributed by atoms with Crippen LogP contribution in [0.1, 0.15) is 26.2 Å². The van der Waals surface area contributed by atoms with Crippen molar-refractivity contribution in [1.29, 1.82) is 0 Å². The first kappa shape index (κ1) is 10.7. The van der Waals surface area contributed by atoms with E-state index in [1.807, 2.05) is 6.92 Å². The van der Waals surface area contributed by atoms with E-state index in [1.165, 1.54) is 0 Å². The lowest BCUT2D eigenvalue weighted by atomic mass is 10.2. The molecule has 66 valence electrons. The highest BCUT2D eigenvalue weighted by Gasteiger charge is 2.05. The van der Waals surface area contributed by atoms with Gasteiger partial charge in [-0.15, -0.1) is 11.6 Å². The average Bonchev–Trinajstić information content (AvgIpc) is 2.00. The molecule has 2 N–H and O–H groups in total. The number of rotatable bonds is 5. The number of nitrogens with one attached hydrogen (secondary N) is 1. The monoisotopic (exact) mass is 179 g/mol. The minimum atomic E-state index is -0.735. The normalized spacial score (nSPS) is 12.6. The molecular weight excluding hydrogens is 166 g/mol. The van der Waals surface area contributed by atoms with Crippen LogP contribution < -0.4 is 5.32 Å². The first-order valence-electron chi connectivity index (χ1n) is 3.74. The number of hydrogen-bond donors (Lipinski definition) is 2. The Bertz CT molecular complexity index is 119. The number of amides is 1. The Hall–Kier alpha value is -0.280. The molecule has 4 heteroatoms. The second kappa shape index (κ2) is 6.43. The number of hydrogen-bond acceptors (Lipinski definition) is 2. The van der Waals surface area contributed by atoms with E-state index in [4.69, 9.17) is 16.7 Å². The predicted molar refractivity (Wildman–Crippen MR) is 44.4 cm³/mol. The van der Waals surface area contributed by atoms with Gasteiger partial charge < -0.3 is 10.4 Å². The Kier molecular flexibility index (Phi) is 6.27. The van der Waals surface area contributed by atoms with E-state index < -0.39 is 6.23 Å². The van der Waals surface area contributed by atoms with E-state index in [-0.39, 0.29) is 11.8 Å². The molecule has 0 radical (unpaired) electrons. The average molecular weight is 180 g/mol. The molecule has 1 atom stereocenters. The van der Waals surface area contributed by atoms with Gasteiger partial charge in [-0.05, 0) is 12.8 Å². The van der Waals surface area contributed by atoms with Gasteiger partial charge in [0.2, 0.25) is 5.91 Å². The quantitative estimate of drug-likeness (QED) is 0.486. The van der Waals surface area contributed by atoms with Gasteiger partial charge in [0.05, 0.1) is 0 Å². The molecule has 0 spiro atoms. The van der Waals surface area contributed by atoms with Crippen LogP contribution in [0.4, 0.5) is 0 Å². The van der Waals surface area contributed by atoms with Gasteiger partial charge in [-0.25, -0.2) is 0 Å². The molecule has 0 bridgehead atoms. The van der Waals surface area contributed by atoms with Crippen LogP contribution in [-0.2, 0) is 4.79 Å². The summed E-state index contributed by atoms with van der Waals surface area (Å²) in [4.78, 5) is 10.6. The highest BCUT2D eigenvalue weighted by Crippen LogP contribution is 1.97. The van der Waals surface area contributed by atoms with Crippen LogP contribution in [-0.4, -0.2) is 23.1 Å². The van der Waals surface area contributed by atoms with E-state index in [0.29, 0.717) is 6.42 Å². The van der Waals surface area contributed by atoms with Crippen molar-refractivity contribution in [3.05, 3.63) is 0 Å². The Morgan fingerprint density at radius 1 is 1.73 bits per heavy atom. The fourth-order valence-electron chi connectivity index (χ4n) is 0.694. The van der Waals surface area contributed by atoms with Crippen molar-refractivity contribution in [2.45, 2.75) is 32.4 Å². The van der Waals surface area contributed by atoms with Gasteiger partial charge in [0.25, 0.3) is 0 Å². The first-order valence-corrected chi connectivity index (χ1v) is 4.27. The summed E-state index contributed by atoms with van der Waals surface area (Å²) in [7, 11) is 0. The number of alkyl halides is 1. The van der Waals surface area contributed by atoms with E-state index in [9.17, 15) is 4.79 Å². The Labute approximate surface area is 71.7 Å².